The van der Waals surface area contributed by atoms with Crippen LogP contribution in [-0.4, -0.2) is 38.4 Å². The lowest BCUT2D eigenvalue weighted by atomic mass is 9.95. The van der Waals surface area contributed by atoms with Gasteiger partial charge in [-0.25, -0.2) is 9.50 Å². The summed E-state index contributed by atoms with van der Waals surface area (Å²) in [5, 5.41) is 14.9. The minimum atomic E-state index is -0.631. The first-order valence-electron chi connectivity index (χ1n) is 7.28. The lowest BCUT2D eigenvalue weighted by Gasteiger charge is -2.37. The van der Waals surface area contributed by atoms with Gasteiger partial charge in [0.05, 0.1) is 11.3 Å². The van der Waals surface area contributed by atoms with E-state index in [2.05, 4.69) is 34.9 Å². The van der Waals surface area contributed by atoms with Gasteiger partial charge in [-0.2, -0.15) is 5.10 Å². The van der Waals surface area contributed by atoms with Crippen molar-refractivity contribution in [2.24, 2.45) is 0 Å². The number of piperidine rings is 1. The van der Waals surface area contributed by atoms with Gasteiger partial charge in [-0.15, -0.1) is 0 Å². The Balaban J connectivity index is 2.02. The van der Waals surface area contributed by atoms with E-state index >= 15 is 0 Å². The maximum atomic E-state index is 10.3. The van der Waals surface area contributed by atoms with Crippen LogP contribution in [0.25, 0.3) is 5.52 Å². The molecule has 1 fully saturated rings. The Kier molecular flexibility index (Phi) is 3.17. The van der Waals surface area contributed by atoms with Gasteiger partial charge in [-0.05, 0) is 31.7 Å². The average Bonchev–Trinajstić information content (AvgIpc) is 2.81. The minimum absolute atomic E-state index is 0.396. The number of hydrogen-bond donors (Lipinski definition) is 1. The zero-order valence-corrected chi connectivity index (χ0v) is 12.4. The highest BCUT2D eigenvalue weighted by Gasteiger charge is 2.30. The predicted octanol–water partition coefficient (Wildman–Crippen LogP) is 2.20. The summed E-state index contributed by atoms with van der Waals surface area (Å²) in [5.41, 5.74) is 1.46. The van der Waals surface area contributed by atoms with Gasteiger partial charge >= 0.3 is 0 Å². The van der Waals surface area contributed by atoms with Gasteiger partial charge in [0.15, 0.2) is 5.82 Å². The lowest BCUT2D eigenvalue weighted by Crippen LogP contribution is -2.46. The first kappa shape index (κ1) is 13.4. The van der Waals surface area contributed by atoms with Crippen molar-refractivity contribution in [2.75, 3.05) is 18.0 Å². The highest BCUT2D eigenvalue weighted by Crippen LogP contribution is 2.28. The van der Waals surface area contributed by atoms with Gasteiger partial charge in [-0.3, -0.25) is 0 Å². The van der Waals surface area contributed by atoms with Gasteiger partial charge in [0.1, 0.15) is 5.52 Å². The molecule has 2 aromatic heterocycles. The molecule has 0 saturated carbocycles. The SMILES string of the molecule is CC(C)c1cc2c(N3CCCC(C)(O)C3)nccn2n1. The fraction of sp³-hybridized carbons (Fsp3) is 0.600. The van der Waals surface area contributed by atoms with Crippen LogP contribution >= 0.6 is 0 Å². The minimum Gasteiger partial charge on any atom is -0.388 e. The van der Waals surface area contributed by atoms with Crippen molar-refractivity contribution in [2.45, 2.75) is 45.1 Å². The summed E-state index contributed by atoms with van der Waals surface area (Å²) in [6.07, 6.45) is 5.50. The number of aromatic nitrogens is 3. The first-order chi connectivity index (χ1) is 9.46. The number of rotatable bonds is 2. The Morgan fingerprint density at radius 1 is 1.40 bits per heavy atom. The molecule has 1 unspecified atom stereocenters. The van der Waals surface area contributed by atoms with Gasteiger partial charge in [0, 0.05) is 25.5 Å². The van der Waals surface area contributed by atoms with Crippen molar-refractivity contribution in [3.8, 4) is 0 Å². The molecule has 0 amide bonds. The Hall–Kier alpha value is -1.62. The van der Waals surface area contributed by atoms with Crippen molar-refractivity contribution in [1.29, 1.82) is 0 Å². The Labute approximate surface area is 119 Å². The topological polar surface area (TPSA) is 53.7 Å². The number of aliphatic hydroxyl groups is 1. The molecular formula is C15H22N4O. The number of anilines is 1. The van der Waals surface area contributed by atoms with E-state index in [-0.39, 0.29) is 0 Å². The highest BCUT2D eigenvalue weighted by molar-refractivity contribution is 5.69. The van der Waals surface area contributed by atoms with Crippen LogP contribution in [-0.2, 0) is 0 Å². The summed E-state index contributed by atoms with van der Waals surface area (Å²) in [7, 11) is 0. The highest BCUT2D eigenvalue weighted by atomic mass is 16.3. The van der Waals surface area contributed by atoms with Gasteiger partial charge in [-0.1, -0.05) is 13.8 Å². The molecule has 2 aromatic rings. The maximum absolute atomic E-state index is 10.3. The zero-order valence-electron chi connectivity index (χ0n) is 12.4. The van der Waals surface area contributed by atoms with Crippen LogP contribution < -0.4 is 4.90 Å². The van der Waals surface area contributed by atoms with Gasteiger partial charge in [0.25, 0.3) is 0 Å². The summed E-state index contributed by atoms with van der Waals surface area (Å²) in [6, 6.07) is 2.11. The van der Waals surface area contributed by atoms with Crippen LogP contribution in [0.4, 0.5) is 5.82 Å². The zero-order chi connectivity index (χ0) is 14.3. The van der Waals surface area contributed by atoms with E-state index in [0.29, 0.717) is 12.5 Å². The Morgan fingerprint density at radius 2 is 2.20 bits per heavy atom. The second-order valence-electron chi connectivity index (χ2n) is 6.33. The third-order valence-corrected chi connectivity index (χ3v) is 3.95. The molecule has 0 aliphatic carbocycles. The van der Waals surface area contributed by atoms with E-state index in [1.807, 2.05) is 17.6 Å². The lowest BCUT2D eigenvalue weighted by molar-refractivity contribution is 0.0448. The third kappa shape index (κ3) is 2.38. The molecule has 0 aromatic carbocycles. The van der Waals surface area contributed by atoms with Gasteiger partial charge < -0.3 is 10.0 Å². The fourth-order valence-corrected chi connectivity index (χ4v) is 2.85. The molecule has 0 bridgehead atoms. The van der Waals surface area contributed by atoms with Crippen LogP contribution in [0.1, 0.15) is 45.2 Å². The molecular weight excluding hydrogens is 252 g/mol. The van der Waals surface area contributed by atoms with Crippen molar-refractivity contribution in [3.05, 3.63) is 24.2 Å². The number of fused-ring (bicyclic) bond motifs is 1. The fourth-order valence-electron chi connectivity index (χ4n) is 2.85. The molecule has 0 radical (unpaired) electrons. The molecule has 5 heteroatoms. The van der Waals surface area contributed by atoms with Crippen LogP contribution in [0.3, 0.4) is 0 Å². The second kappa shape index (κ2) is 4.74. The molecule has 1 aliphatic rings. The quantitative estimate of drug-likeness (QED) is 0.912. The first-order valence-corrected chi connectivity index (χ1v) is 7.28. The van der Waals surface area contributed by atoms with E-state index in [1.165, 1.54) is 0 Å². The average molecular weight is 274 g/mol. The monoisotopic (exact) mass is 274 g/mol. The molecule has 1 N–H and O–H groups in total. The second-order valence-corrected chi connectivity index (χ2v) is 6.33. The number of hydrogen-bond acceptors (Lipinski definition) is 4. The van der Waals surface area contributed by atoms with Crippen molar-refractivity contribution in [1.82, 2.24) is 14.6 Å². The van der Waals surface area contributed by atoms with E-state index in [4.69, 9.17) is 0 Å². The number of nitrogens with zero attached hydrogens (tertiary/aromatic N) is 4. The van der Waals surface area contributed by atoms with Crippen LogP contribution in [0.15, 0.2) is 18.5 Å². The van der Waals surface area contributed by atoms with E-state index in [9.17, 15) is 5.11 Å². The molecule has 20 heavy (non-hydrogen) atoms. The van der Waals surface area contributed by atoms with Crippen molar-refractivity contribution < 1.29 is 5.11 Å². The molecule has 1 aliphatic heterocycles. The maximum Gasteiger partial charge on any atom is 0.154 e. The molecule has 0 spiro atoms. The standard InChI is InChI=1S/C15H22N4O/c1-11(2)12-9-13-14(16-6-8-19(13)17-12)18-7-4-5-15(3,20)10-18/h6,8-9,11,20H,4-5,7,10H2,1-3H3. The Bertz CT molecular complexity index is 617. The molecule has 108 valence electrons. The molecule has 1 saturated heterocycles. The van der Waals surface area contributed by atoms with Crippen molar-refractivity contribution >= 4 is 11.3 Å². The summed E-state index contributed by atoms with van der Waals surface area (Å²) in [4.78, 5) is 6.69. The molecule has 5 nitrogen and oxygen atoms in total. The smallest absolute Gasteiger partial charge is 0.154 e. The summed E-state index contributed by atoms with van der Waals surface area (Å²) in [5.74, 6) is 1.32. The summed E-state index contributed by atoms with van der Waals surface area (Å²) >= 11 is 0. The molecule has 3 rings (SSSR count). The Morgan fingerprint density at radius 3 is 2.90 bits per heavy atom. The van der Waals surface area contributed by atoms with Crippen molar-refractivity contribution in [3.63, 3.8) is 0 Å². The normalized spacial score (nSPS) is 23.8. The largest absolute Gasteiger partial charge is 0.388 e. The van der Waals surface area contributed by atoms with Crippen LogP contribution in [0.5, 0.6) is 0 Å². The van der Waals surface area contributed by atoms with E-state index in [1.54, 1.807) is 6.20 Å². The predicted molar refractivity (Wildman–Crippen MR) is 79.1 cm³/mol. The third-order valence-electron chi connectivity index (χ3n) is 3.95. The summed E-state index contributed by atoms with van der Waals surface area (Å²) < 4.78 is 1.89. The molecule has 3 heterocycles. The van der Waals surface area contributed by atoms with E-state index in [0.717, 1.165) is 36.4 Å². The number of β-amino-alcohol motifs (C(OH)–C–C–N with tert-alkyl or cyclic N) is 1. The van der Waals surface area contributed by atoms with Crippen LogP contribution in [0.2, 0.25) is 0 Å². The summed E-state index contributed by atoms with van der Waals surface area (Å²) in [6.45, 7) is 7.74. The van der Waals surface area contributed by atoms with Gasteiger partial charge in [0.2, 0.25) is 0 Å². The van der Waals surface area contributed by atoms with E-state index < -0.39 is 5.60 Å². The molecule has 1 atom stereocenters. The van der Waals surface area contributed by atoms with Crippen LogP contribution in [0, 0.1) is 0 Å².